The highest BCUT2D eigenvalue weighted by Gasteiger charge is 2.53. The van der Waals surface area contributed by atoms with Crippen LogP contribution in [0.4, 0.5) is 11.8 Å². The molecule has 0 radical (unpaired) electrons. The number of benzene rings is 1. The number of rotatable bonds is 3. The minimum absolute atomic E-state index is 0.000591. The van der Waals surface area contributed by atoms with Crippen molar-refractivity contribution in [1.82, 2.24) is 24.6 Å². The van der Waals surface area contributed by atoms with Crippen LogP contribution in [0.25, 0.3) is 5.69 Å². The summed E-state index contributed by atoms with van der Waals surface area (Å²) in [7, 11) is -2.92. The molecule has 36 heavy (non-hydrogen) atoms. The number of aryl methyl sites for hydroxylation is 2. The van der Waals surface area contributed by atoms with Crippen LogP contribution >= 0.6 is 11.6 Å². The fraction of sp³-hybridized carbons (Fsp3) is 0.480. The summed E-state index contributed by atoms with van der Waals surface area (Å²) in [5, 5.41) is 9.85. The van der Waals surface area contributed by atoms with Crippen LogP contribution in [0, 0.1) is 19.3 Å². The molecule has 0 saturated carbocycles. The Kier molecular flexibility index (Phi) is 4.79. The molecule has 3 fully saturated rings. The van der Waals surface area contributed by atoms with Gasteiger partial charge in [0.2, 0.25) is 5.95 Å². The molecule has 2 aromatic heterocycles. The number of anilines is 2. The molecule has 0 bridgehead atoms. The summed E-state index contributed by atoms with van der Waals surface area (Å²) in [5.74, 6) is 3.16. The Morgan fingerprint density at radius 1 is 0.972 bits per heavy atom. The van der Waals surface area contributed by atoms with Gasteiger partial charge in [0, 0.05) is 54.9 Å². The van der Waals surface area contributed by atoms with Gasteiger partial charge in [-0.2, -0.15) is 0 Å². The van der Waals surface area contributed by atoms with Gasteiger partial charge in [-0.1, -0.05) is 11.6 Å². The topological polar surface area (TPSA) is 87.5 Å². The van der Waals surface area contributed by atoms with E-state index >= 15 is 0 Å². The Balaban J connectivity index is 1.13. The van der Waals surface area contributed by atoms with Gasteiger partial charge < -0.3 is 9.80 Å². The number of sulfone groups is 1. The molecule has 0 unspecified atom stereocenters. The molecule has 3 aromatic rings. The van der Waals surface area contributed by atoms with Crippen molar-refractivity contribution in [3.8, 4) is 5.69 Å². The fourth-order valence-electron chi connectivity index (χ4n) is 6.24. The third kappa shape index (κ3) is 3.61. The van der Waals surface area contributed by atoms with Gasteiger partial charge in [-0.3, -0.25) is 9.47 Å². The van der Waals surface area contributed by atoms with Crippen LogP contribution in [-0.2, 0) is 22.9 Å². The Morgan fingerprint density at radius 3 is 2.44 bits per heavy atom. The van der Waals surface area contributed by atoms with Gasteiger partial charge in [-0.25, -0.2) is 13.4 Å². The van der Waals surface area contributed by atoms with Crippen molar-refractivity contribution in [3.05, 3.63) is 58.0 Å². The number of hydrogen-bond acceptors (Lipinski definition) is 8. The molecule has 7 rings (SSSR count). The molecular formula is C25H28ClN7O2S. The number of fused-ring (bicyclic) bond motifs is 3. The van der Waals surface area contributed by atoms with Gasteiger partial charge in [-0.05, 0) is 55.3 Å². The third-order valence-electron chi connectivity index (χ3n) is 7.92. The Labute approximate surface area is 215 Å². The van der Waals surface area contributed by atoms with Gasteiger partial charge in [-0.15, -0.1) is 10.2 Å². The number of pyridine rings is 1. The first-order valence-corrected chi connectivity index (χ1v) is 14.5. The second kappa shape index (κ2) is 7.66. The fourth-order valence-corrected chi connectivity index (χ4v) is 7.93. The number of nitrogens with zero attached hydrogens (tertiary/aromatic N) is 7. The van der Waals surface area contributed by atoms with E-state index in [1.807, 2.05) is 25.1 Å². The summed E-state index contributed by atoms with van der Waals surface area (Å²) in [6.45, 7) is 9.22. The SMILES string of the molecule is Cc1cc(C)nc(N2CC3(C2)CN(c2nnc4n2-c2ccc(Cl)cc2CN(C2CS(=O)(=O)C2)C4)C3)c1. The van der Waals surface area contributed by atoms with E-state index in [2.05, 4.69) is 48.5 Å². The second-order valence-electron chi connectivity index (χ2n) is 11.0. The van der Waals surface area contributed by atoms with Gasteiger partial charge in [0.1, 0.15) is 5.82 Å². The summed E-state index contributed by atoms with van der Waals surface area (Å²) in [6.07, 6.45) is 0. The lowest BCUT2D eigenvalue weighted by Gasteiger charge is -2.60. The zero-order valence-electron chi connectivity index (χ0n) is 20.4. The van der Waals surface area contributed by atoms with E-state index in [1.54, 1.807) is 0 Å². The van der Waals surface area contributed by atoms with Crippen LogP contribution in [0.5, 0.6) is 0 Å². The van der Waals surface area contributed by atoms with Gasteiger partial charge >= 0.3 is 0 Å². The van der Waals surface area contributed by atoms with E-state index in [4.69, 9.17) is 16.6 Å². The van der Waals surface area contributed by atoms with Crippen LogP contribution in [0.15, 0.2) is 30.3 Å². The summed E-state index contributed by atoms with van der Waals surface area (Å²) in [5.41, 5.74) is 4.64. The van der Waals surface area contributed by atoms with Crippen LogP contribution in [0.1, 0.15) is 22.6 Å². The van der Waals surface area contributed by atoms with Crippen molar-refractivity contribution in [1.29, 1.82) is 0 Å². The van der Waals surface area contributed by atoms with E-state index in [1.165, 1.54) is 5.56 Å². The van der Waals surface area contributed by atoms with Crippen molar-refractivity contribution in [2.45, 2.75) is 33.0 Å². The zero-order valence-corrected chi connectivity index (χ0v) is 21.9. The quantitative estimate of drug-likeness (QED) is 0.515. The molecule has 0 amide bonds. The van der Waals surface area contributed by atoms with E-state index < -0.39 is 9.84 Å². The van der Waals surface area contributed by atoms with Gasteiger partial charge in [0.25, 0.3) is 0 Å². The van der Waals surface area contributed by atoms with E-state index in [-0.39, 0.29) is 23.0 Å². The monoisotopic (exact) mass is 525 g/mol. The lowest BCUT2D eigenvalue weighted by Crippen LogP contribution is -2.73. The van der Waals surface area contributed by atoms with Gasteiger partial charge in [0.15, 0.2) is 15.7 Å². The molecule has 11 heteroatoms. The van der Waals surface area contributed by atoms with Crippen LogP contribution in [-0.4, -0.2) is 76.8 Å². The largest absolute Gasteiger partial charge is 0.355 e. The third-order valence-corrected chi connectivity index (χ3v) is 9.94. The molecule has 4 aliphatic heterocycles. The Hall–Kier alpha value is -2.69. The second-order valence-corrected chi connectivity index (χ2v) is 13.6. The minimum atomic E-state index is -2.92. The molecule has 4 aliphatic rings. The normalized spacial score (nSPS) is 22.3. The van der Waals surface area contributed by atoms with Gasteiger partial charge in [0.05, 0.1) is 23.7 Å². The first kappa shape index (κ1) is 22.5. The smallest absolute Gasteiger partial charge is 0.231 e. The van der Waals surface area contributed by atoms with E-state index in [9.17, 15) is 8.42 Å². The van der Waals surface area contributed by atoms with E-state index in [0.717, 1.165) is 60.7 Å². The molecule has 1 aromatic carbocycles. The van der Waals surface area contributed by atoms with Crippen molar-refractivity contribution in [3.63, 3.8) is 0 Å². The van der Waals surface area contributed by atoms with Crippen LogP contribution < -0.4 is 9.80 Å². The average Bonchev–Trinajstić information content (AvgIpc) is 3.04. The van der Waals surface area contributed by atoms with Crippen molar-refractivity contribution in [2.24, 2.45) is 5.41 Å². The molecule has 3 saturated heterocycles. The predicted molar refractivity (Wildman–Crippen MR) is 139 cm³/mol. The maximum absolute atomic E-state index is 11.9. The number of halogens is 1. The lowest BCUT2D eigenvalue weighted by molar-refractivity contribution is 0.153. The molecular weight excluding hydrogens is 498 g/mol. The molecule has 9 nitrogen and oxygen atoms in total. The highest BCUT2D eigenvalue weighted by molar-refractivity contribution is 7.92. The van der Waals surface area contributed by atoms with Crippen LogP contribution in [0.2, 0.25) is 5.02 Å². The van der Waals surface area contributed by atoms with E-state index in [0.29, 0.717) is 18.1 Å². The zero-order chi connectivity index (χ0) is 24.8. The molecule has 0 atom stereocenters. The summed E-state index contributed by atoms with van der Waals surface area (Å²) < 4.78 is 25.9. The maximum Gasteiger partial charge on any atom is 0.231 e. The molecule has 0 N–H and O–H groups in total. The minimum Gasteiger partial charge on any atom is -0.355 e. The molecule has 6 heterocycles. The molecule has 1 spiro atoms. The summed E-state index contributed by atoms with van der Waals surface area (Å²) in [4.78, 5) is 11.6. The molecule has 188 valence electrons. The Morgan fingerprint density at radius 2 is 1.72 bits per heavy atom. The van der Waals surface area contributed by atoms with Crippen molar-refractivity contribution >= 4 is 33.2 Å². The van der Waals surface area contributed by atoms with Crippen molar-refractivity contribution in [2.75, 3.05) is 47.5 Å². The van der Waals surface area contributed by atoms with Crippen LogP contribution in [0.3, 0.4) is 0 Å². The number of hydrogen-bond donors (Lipinski definition) is 0. The summed E-state index contributed by atoms with van der Waals surface area (Å²) >= 11 is 6.36. The highest BCUT2D eigenvalue weighted by atomic mass is 35.5. The predicted octanol–water partition coefficient (Wildman–Crippen LogP) is 2.37. The first-order chi connectivity index (χ1) is 17.2. The molecule has 0 aliphatic carbocycles. The Bertz CT molecular complexity index is 1460. The maximum atomic E-state index is 11.9. The average molecular weight is 526 g/mol. The van der Waals surface area contributed by atoms with Crippen molar-refractivity contribution < 1.29 is 8.42 Å². The number of aromatic nitrogens is 4. The lowest BCUT2D eigenvalue weighted by atomic mass is 9.73. The first-order valence-electron chi connectivity index (χ1n) is 12.3. The standard InChI is InChI=1S/C25H28ClN7O2S/c1-16-5-17(2)27-22(6-16)31-12-25(13-31)14-32(15-25)24-29-28-23-9-30(20-10-36(34,35)11-20)8-18-7-19(26)3-4-21(18)33(23)24/h3-7,20H,8-15H2,1-2H3. The highest BCUT2D eigenvalue weighted by Crippen LogP contribution is 2.44. The summed E-state index contributed by atoms with van der Waals surface area (Å²) in [6, 6.07) is 10.2.